The van der Waals surface area contributed by atoms with Crippen molar-refractivity contribution in [1.82, 2.24) is 15.1 Å². The van der Waals surface area contributed by atoms with E-state index in [0.717, 1.165) is 28.8 Å². The number of fused-ring (bicyclic) bond motifs is 1. The third-order valence-electron chi connectivity index (χ3n) is 4.47. The van der Waals surface area contributed by atoms with Crippen molar-refractivity contribution in [3.8, 4) is 5.69 Å². The second-order valence-corrected chi connectivity index (χ2v) is 6.44. The molecule has 5 nitrogen and oxygen atoms in total. The molecule has 0 saturated heterocycles. The van der Waals surface area contributed by atoms with E-state index in [1.807, 2.05) is 49.8 Å². The summed E-state index contributed by atoms with van der Waals surface area (Å²) in [5.41, 5.74) is 3.06. The van der Waals surface area contributed by atoms with Gasteiger partial charge in [0.1, 0.15) is 6.61 Å². The summed E-state index contributed by atoms with van der Waals surface area (Å²) in [6, 6.07) is 14.3. The molecule has 1 heterocycles. The highest BCUT2D eigenvalue weighted by Gasteiger charge is 2.17. The van der Waals surface area contributed by atoms with Crippen molar-refractivity contribution in [2.75, 3.05) is 13.2 Å². The summed E-state index contributed by atoms with van der Waals surface area (Å²) in [6.45, 7) is 6.70. The van der Waals surface area contributed by atoms with Gasteiger partial charge in [-0.3, -0.25) is 4.79 Å². The van der Waals surface area contributed by atoms with E-state index in [9.17, 15) is 4.79 Å². The Hall–Kier alpha value is -2.66. The zero-order chi connectivity index (χ0) is 18.5. The molecule has 0 fully saturated rings. The second kappa shape index (κ2) is 8.15. The number of hydrogen-bond donors (Lipinski definition) is 1. The molecule has 0 saturated carbocycles. The van der Waals surface area contributed by atoms with Gasteiger partial charge in [0.2, 0.25) is 5.91 Å². The predicted octanol–water partition coefficient (Wildman–Crippen LogP) is 3.94. The molecule has 0 spiro atoms. The molecular formula is C21H25N3O2. The average Bonchev–Trinajstić information content (AvgIpc) is 3.03. The van der Waals surface area contributed by atoms with Crippen LogP contribution >= 0.6 is 0 Å². The summed E-state index contributed by atoms with van der Waals surface area (Å²) < 4.78 is 7.24. The fourth-order valence-corrected chi connectivity index (χ4v) is 3.15. The third-order valence-corrected chi connectivity index (χ3v) is 4.47. The molecule has 136 valence electrons. The van der Waals surface area contributed by atoms with E-state index in [-0.39, 0.29) is 18.6 Å². The molecule has 26 heavy (non-hydrogen) atoms. The first-order valence-electron chi connectivity index (χ1n) is 9.01. The van der Waals surface area contributed by atoms with Crippen LogP contribution in [0, 0.1) is 6.92 Å². The Kier molecular flexibility index (Phi) is 5.68. The SMILES string of the molecule is CCCOCC(=O)N[C@@H](C)c1cnn(-c2cccc3ccccc23)c1C. The molecule has 3 aromatic rings. The van der Waals surface area contributed by atoms with Crippen LogP contribution in [0.2, 0.25) is 0 Å². The Morgan fingerprint density at radius 1 is 1.23 bits per heavy atom. The molecule has 2 aromatic carbocycles. The van der Waals surface area contributed by atoms with Crippen LogP contribution in [0.3, 0.4) is 0 Å². The standard InChI is InChI=1S/C21H25N3O2/c1-4-12-26-14-21(25)23-15(2)19-13-22-24(16(19)3)20-11-7-9-17-8-5-6-10-18(17)20/h5-11,13,15H,4,12,14H2,1-3H3,(H,23,25)/t15-/m0/s1. The van der Waals surface area contributed by atoms with E-state index < -0.39 is 0 Å². The highest BCUT2D eigenvalue weighted by Crippen LogP contribution is 2.25. The van der Waals surface area contributed by atoms with Crippen molar-refractivity contribution in [2.24, 2.45) is 0 Å². The second-order valence-electron chi connectivity index (χ2n) is 6.44. The summed E-state index contributed by atoms with van der Waals surface area (Å²) in [4.78, 5) is 12.0. The van der Waals surface area contributed by atoms with Gasteiger partial charge < -0.3 is 10.1 Å². The number of rotatable bonds is 7. The number of aromatic nitrogens is 2. The Balaban J connectivity index is 1.82. The average molecular weight is 351 g/mol. The Bertz CT molecular complexity index is 896. The number of nitrogens with one attached hydrogen (secondary N) is 1. The number of hydrogen-bond acceptors (Lipinski definition) is 3. The lowest BCUT2D eigenvalue weighted by Gasteiger charge is -2.15. The zero-order valence-corrected chi connectivity index (χ0v) is 15.5. The van der Waals surface area contributed by atoms with Gasteiger partial charge >= 0.3 is 0 Å². The summed E-state index contributed by atoms with van der Waals surface area (Å²) >= 11 is 0. The largest absolute Gasteiger partial charge is 0.372 e. The fraction of sp³-hybridized carbons (Fsp3) is 0.333. The van der Waals surface area contributed by atoms with Crippen LogP contribution in [0.4, 0.5) is 0 Å². The normalized spacial score (nSPS) is 12.3. The van der Waals surface area contributed by atoms with Gasteiger partial charge in [-0.25, -0.2) is 4.68 Å². The number of amides is 1. The molecular weight excluding hydrogens is 326 g/mol. The van der Waals surface area contributed by atoms with Crippen LogP contribution in [0.5, 0.6) is 0 Å². The van der Waals surface area contributed by atoms with Gasteiger partial charge in [-0.15, -0.1) is 0 Å². The van der Waals surface area contributed by atoms with E-state index in [1.54, 1.807) is 0 Å². The topological polar surface area (TPSA) is 56.1 Å². The summed E-state index contributed by atoms with van der Waals surface area (Å²) in [5, 5.41) is 9.88. The summed E-state index contributed by atoms with van der Waals surface area (Å²) in [7, 11) is 0. The fourth-order valence-electron chi connectivity index (χ4n) is 3.15. The van der Waals surface area contributed by atoms with Gasteiger partial charge in [0.15, 0.2) is 0 Å². The minimum atomic E-state index is -0.128. The molecule has 1 aromatic heterocycles. The predicted molar refractivity (Wildman–Crippen MR) is 103 cm³/mol. The molecule has 0 aliphatic heterocycles. The Morgan fingerprint density at radius 2 is 2.00 bits per heavy atom. The molecule has 3 rings (SSSR count). The molecule has 0 unspecified atom stereocenters. The lowest BCUT2D eigenvalue weighted by atomic mass is 10.1. The number of carbonyl (C=O) groups excluding carboxylic acids is 1. The molecule has 1 amide bonds. The van der Waals surface area contributed by atoms with E-state index in [2.05, 4.69) is 34.7 Å². The minimum Gasteiger partial charge on any atom is -0.372 e. The van der Waals surface area contributed by atoms with Crippen LogP contribution in [0.25, 0.3) is 16.5 Å². The number of nitrogens with zero attached hydrogens (tertiary/aromatic N) is 2. The van der Waals surface area contributed by atoms with Crippen molar-refractivity contribution in [3.05, 3.63) is 59.9 Å². The summed E-state index contributed by atoms with van der Waals surface area (Å²) in [5.74, 6) is -0.108. The Morgan fingerprint density at radius 3 is 2.81 bits per heavy atom. The Labute approximate surface area is 154 Å². The maximum Gasteiger partial charge on any atom is 0.246 e. The first kappa shape index (κ1) is 18.1. The van der Waals surface area contributed by atoms with Gasteiger partial charge in [-0.2, -0.15) is 5.10 Å². The number of benzene rings is 2. The first-order chi connectivity index (χ1) is 12.6. The van der Waals surface area contributed by atoms with E-state index in [0.29, 0.717) is 6.61 Å². The smallest absolute Gasteiger partial charge is 0.246 e. The van der Waals surface area contributed by atoms with Crippen molar-refractivity contribution in [3.63, 3.8) is 0 Å². The third kappa shape index (κ3) is 3.78. The number of ether oxygens (including phenoxy) is 1. The van der Waals surface area contributed by atoms with Gasteiger partial charge in [0.05, 0.1) is 17.9 Å². The van der Waals surface area contributed by atoms with Crippen molar-refractivity contribution >= 4 is 16.7 Å². The molecule has 5 heteroatoms. The van der Waals surface area contributed by atoms with Gasteiger partial charge in [-0.1, -0.05) is 43.3 Å². The molecule has 0 aliphatic rings. The van der Waals surface area contributed by atoms with Gasteiger partial charge in [0.25, 0.3) is 0 Å². The lowest BCUT2D eigenvalue weighted by molar-refractivity contribution is -0.126. The highest BCUT2D eigenvalue weighted by atomic mass is 16.5. The quantitative estimate of drug-likeness (QED) is 0.656. The molecule has 0 aliphatic carbocycles. The highest BCUT2D eigenvalue weighted by molar-refractivity contribution is 5.90. The minimum absolute atomic E-state index is 0.0920. The van der Waals surface area contributed by atoms with Crippen molar-refractivity contribution in [1.29, 1.82) is 0 Å². The zero-order valence-electron chi connectivity index (χ0n) is 15.5. The molecule has 0 radical (unpaired) electrons. The van der Waals surface area contributed by atoms with Gasteiger partial charge in [-0.05, 0) is 31.7 Å². The van der Waals surface area contributed by atoms with Crippen LogP contribution in [-0.2, 0) is 9.53 Å². The van der Waals surface area contributed by atoms with Crippen LogP contribution < -0.4 is 5.32 Å². The number of carbonyl (C=O) groups is 1. The van der Waals surface area contributed by atoms with Crippen molar-refractivity contribution in [2.45, 2.75) is 33.2 Å². The lowest BCUT2D eigenvalue weighted by Crippen LogP contribution is -2.30. The van der Waals surface area contributed by atoms with E-state index in [4.69, 9.17) is 4.74 Å². The maximum absolute atomic E-state index is 12.0. The van der Waals surface area contributed by atoms with E-state index in [1.165, 1.54) is 5.39 Å². The van der Waals surface area contributed by atoms with Gasteiger partial charge in [0, 0.05) is 23.3 Å². The first-order valence-corrected chi connectivity index (χ1v) is 9.01. The molecule has 0 bridgehead atoms. The maximum atomic E-state index is 12.0. The van der Waals surface area contributed by atoms with Crippen molar-refractivity contribution < 1.29 is 9.53 Å². The van der Waals surface area contributed by atoms with Crippen LogP contribution in [-0.4, -0.2) is 28.9 Å². The monoisotopic (exact) mass is 351 g/mol. The van der Waals surface area contributed by atoms with E-state index >= 15 is 0 Å². The summed E-state index contributed by atoms with van der Waals surface area (Å²) in [6.07, 6.45) is 2.73. The molecule has 1 atom stereocenters. The van der Waals surface area contributed by atoms with Crippen LogP contribution in [0.1, 0.15) is 37.6 Å². The molecule has 1 N–H and O–H groups in total. The van der Waals surface area contributed by atoms with Crippen LogP contribution in [0.15, 0.2) is 48.7 Å².